The van der Waals surface area contributed by atoms with Gasteiger partial charge in [-0.3, -0.25) is 0 Å². The van der Waals surface area contributed by atoms with Crippen LogP contribution < -0.4 is 5.32 Å². The van der Waals surface area contributed by atoms with Crippen LogP contribution in [-0.4, -0.2) is 13.1 Å². The molecule has 2 rings (SSSR count). The lowest BCUT2D eigenvalue weighted by atomic mass is 9.73. The smallest absolute Gasteiger partial charge is 0.000823 e. The Hall–Kier alpha value is -0.0400. The van der Waals surface area contributed by atoms with Gasteiger partial charge in [0.25, 0.3) is 0 Å². The van der Waals surface area contributed by atoms with E-state index in [0.29, 0.717) is 5.41 Å². The molecule has 0 aromatic carbocycles. The molecule has 0 radical (unpaired) electrons. The van der Waals surface area contributed by atoms with Crippen molar-refractivity contribution in [3.63, 3.8) is 0 Å². The van der Waals surface area contributed by atoms with Crippen molar-refractivity contribution in [1.29, 1.82) is 0 Å². The number of rotatable bonds is 10. The number of unbranched alkanes of at least 4 members (excludes halogenated alkanes) is 1. The van der Waals surface area contributed by atoms with Gasteiger partial charge in [-0.1, -0.05) is 53.4 Å². The van der Waals surface area contributed by atoms with Crippen molar-refractivity contribution >= 4 is 0 Å². The number of fused-ring (bicyclic) bond motifs is 1. The maximum Gasteiger partial charge on any atom is 0.000823 e. The zero-order valence-corrected chi connectivity index (χ0v) is 14.4. The van der Waals surface area contributed by atoms with E-state index >= 15 is 0 Å². The second kappa shape index (κ2) is 7.29. The molecule has 0 heterocycles. The summed E-state index contributed by atoms with van der Waals surface area (Å²) in [6.07, 6.45) is 11.8. The highest BCUT2D eigenvalue weighted by molar-refractivity contribution is 5.04. The van der Waals surface area contributed by atoms with Crippen LogP contribution in [0.15, 0.2) is 0 Å². The zero-order chi connectivity index (χ0) is 14.6. The summed E-state index contributed by atoms with van der Waals surface area (Å²) in [6, 6.07) is 0. The Morgan fingerprint density at radius 1 is 1.15 bits per heavy atom. The largest absolute Gasteiger partial charge is 0.316 e. The van der Waals surface area contributed by atoms with E-state index in [1.165, 1.54) is 58.0 Å². The highest BCUT2D eigenvalue weighted by Crippen LogP contribution is 2.61. The van der Waals surface area contributed by atoms with Crippen molar-refractivity contribution in [2.24, 2.45) is 29.1 Å². The Kier molecular flexibility index (Phi) is 5.95. The molecule has 118 valence electrons. The predicted molar refractivity (Wildman–Crippen MR) is 88.9 cm³/mol. The van der Waals surface area contributed by atoms with Crippen molar-refractivity contribution in [3.05, 3.63) is 0 Å². The molecular formula is C19H37N. The Labute approximate surface area is 127 Å². The van der Waals surface area contributed by atoms with E-state index < -0.39 is 0 Å². The van der Waals surface area contributed by atoms with E-state index in [4.69, 9.17) is 0 Å². The van der Waals surface area contributed by atoms with Crippen molar-refractivity contribution in [3.8, 4) is 0 Å². The van der Waals surface area contributed by atoms with E-state index in [-0.39, 0.29) is 0 Å². The summed E-state index contributed by atoms with van der Waals surface area (Å²) in [7, 11) is 0. The highest BCUT2D eigenvalue weighted by Gasteiger charge is 2.53. The van der Waals surface area contributed by atoms with Crippen molar-refractivity contribution in [1.82, 2.24) is 5.32 Å². The molecule has 1 N–H and O–H groups in total. The first kappa shape index (κ1) is 16.3. The molecular weight excluding hydrogens is 242 g/mol. The Morgan fingerprint density at radius 2 is 1.85 bits per heavy atom. The summed E-state index contributed by atoms with van der Waals surface area (Å²) < 4.78 is 0. The molecule has 0 spiro atoms. The van der Waals surface area contributed by atoms with Gasteiger partial charge in [-0.25, -0.2) is 0 Å². The van der Waals surface area contributed by atoms with E-state index in [1.807, 2.05) is 0 Å². The van der Waals surface area contributed by atoms with Gasteiger partial charge >= 0.3 is 0 Å². The topological polar surface area (TPSA) is 12.0 Å². The minimum atomic E-state index is 0.664. The summed E-state index contributed by atoms with van der Waals surface area (Å²) in [4.78, 5) is 0. The van der Waals surface area contributed by atoms with Crippen molar-refractivity contribution < 1.29 is 0 Å². The lowest BCUT2D eigenvalue weighted by Gasteiger charge is -2.35. The molecule has 1 nitrogen and oxygen atoms in total. The molecule has 0 saturated heterocycles. The fourth-order valence-corrected chi connectivity index (χ4v) is 4.57. The van der Waals surface area contributed by atoms with Gasteiger partial charge < -0.3 is 5.32 Å². The maximum atomic E-state index is 3.79. The standard InChI is InChI=1S/C19H37N/c1-5-7-8-16(6-2)10-19(14-20-13-15(3)4)11-17-9-18(17)12-19/h15-18,20H,5-14H2,1-4H3. The minimum absolute atomic E-state index is 0.664. The van der Waals surface area contributed by atoms with Crippen LogP contribution in [-0.2, 0) is 0 Å². The summed E-state index contributed by atoms with van der Waals surface area (Å²) in [6.45, 7) is 11.9. The van der Waals surface area contributed by atoms with Gasteiger partial charge in [0, 0.05) is 6.54 Å². The van der Waals surface area contributed by atoms with Gasteiger partial charge in [-0.05, 0) is 61.3 Å². The molecule has 2 fully saturated rings. The first-order valence-electron chi connectivity index (χ1n) is 9.29. The quantitative estimate of drug-likeness (QED) is 0.575. The molecule has 0 aliphatic heterocycles. The molecule has 3 unspecified atom stereocenters. The minimum Gasteiger partial charge on any atom is -0.316 e. The van der Waals surface area contributed by atoms with Crippen LogP contribution in [0.5, 0.6) is 0 Å². The van der Waals surface area contributed by atoms with Gasteiger partial charge in [0.1, 0.15) is 0 Å². The molecule has 2 aliphatic carbocycles. The van der Waals surface area contributed by atoms with Crippen molar-refractivity contribution in [2.75, 3.05) is 13.1 Å². The lowest BCUT2D eigenvalue weighted by molar-refractivity contribution is 0.178. The molecule has 3 atom stereocenters. The Morgan fingerprint density at radius 3 is 2.40 bits per heavy atom. The first-order chi connectivity index (χ1) is 9.58. The van der Waals surface area contributed by atoms with Gasteiger partial charge in [0.2, 0.25) is 0 Å². The second-order valence-corrected chi connectivity index (χ2v) is 8.31. The van der Waals surface area contributed by atoms with Crippen LogP contribution in [0.2, 0.25) is 0 Å². The SMILES string of the molecule is CCCCC(CC)CC1(CNCC(C)C)CC2CC2C1. The van der Waals surface area contributed by atoms with Crippen LogP contribution in [0, 0.1) is 29.1 Å². The molecule has 0 aromatic rings. The number of nitrogens with one attached hydrogen (secondary N) is 1. The summed E-state index contributed by atoms with van der Waals surface area (Å²) >= 11 is 0. The van der Waals surface area contributed by atoms with Crippen molar-refractivity contribution in [2.45, 2.75) is 79.1 Å². The highest BCUT2D eigenvalue weighted by atomic mass is 14.9. The van der Waals surface area contributed by atoms with E-state index in [0.717, 1.165) is 23.7 Å². The normalized spacial score (nSPS) is 33.5. The number of hydrogen-bond acceptors (Lipinski definition) is 1. The van der Waals surface area contributed by atoms with Crippen LogP contribution in [0.3, 0.4) is 0 Å². The lowest BCUT2D eigenvalue weighted by Crippen LogP contribution is -2.36. The van der Waals surface area contributed by atoms with Crippen LogP contribution in [0.25, 0.3) is 0 Å². The summed E-state index contributed by atoms with van der Waals surface area (Å²) in [5.41, 5.74) is 0.664. The molecule has 20 heavy (non-hydrogen) atoms. The average Bonchev–Trinajstić information content (AvgIpc) is 3.02. The van der Waals surface area contributed by atoms with E-state index in [9.17, 15) is 0 Å². The van der Waals surface area contributed by atoms with Gasteiger partial charge in [-0.15, -0.1) is 0 Å². The maximum absolute atomic E-state index is 3.79. The Bertz CT molecular complexity index is 273. The third-order valence-electron chi connectivity index (χ3n) is 5.78. The van der Waals surface area contributed by atoms with Gasteiger partial charge in [-0.2, -0.15) is 0 Å². The number of hydrogen-bond donors (Lipinski definition) is 1. The fraction of sp³-hybridized carbons (Fsp3) is 1.00. The molecule has 0 amide bonds. The average molecular weight is 280 g/mol. The van der Waals surface area contributed by atoms with Gasteiger partial charge in [0.05, 0.1) is 0 Å². The molecule has 0 bridgehead atoms. The monoisotopic (exact) mass is 279 g/mol. The third kappa shape index (κ3) is 4.48. The predicted octanol–water partition coefficient (Wildman–Crippen LogP) is 5.25. The zero-order valence-electron chi connectivity index (χ0n) is 14.4. The van der Waals surface area contributed by atoms with Crippen LogP contribution in [0.1, 0.15) is 79.1 Å². The molecule has 2 aliphatic rings. The molecule has 1 heteroatoms. The summed E-state index contributed by atoms with van der Waals surface area (Å²) in [5, 5.41) is 3.79. The fourth-order valence-electron chi connectivity index (χ4n) is 4.57. The Balaban J connectivity index is 1.85. The van der Waals surface area contributed by atoms with E-state index in [1.54, 1.807) is 6.42 Å². The molecule has 0 aromatic heterocycles. The van der Waals surface area contributed by atoms with Crippen LogP contribution in [0.4, 0.5) is 0 Å². The third-order valence-corrected chi connectivity index (χ3v) is 5.78. The summed E-state index contributed by atoms with van der Waals surface area (Å²) in [5.74, 6) is 3.98. The first-order valence-corrected chi connectivity index (χ1v) is 9.29. The van der Waals surface area contributed by atoms with E-state index in [2.05, 4.69) is 33.0 Å². The van der Waals surface area contributed by atoms with Crippen LogP contribution >= 0.6 is 0 Å². The molecule has 2 saturated carbocycles. The second-order valence-electron chi connectivity index (χ2n) is 8.31. The van der Waals surface area contributed by atoms with Gasteiger partial charge in [0.15, 0.2) is 0 Å².